The molecule has 184 valence electrons. The maximum absolute atomic E-state index is 12.4. The van der Waals surface area contributed by atoms with Gasteiger partial charge in [0.25, 0.3) is 0 Å². The number of nitrogens with zero attached hydrogens (tertiary/aromatic N) is 3. The number of benzene rings is 2. The summed E-state index contributed by atoms with van der Waals surface area (Å²) in [5.41, 5.74) is 3.34. The van der Waals surface area contributed by atoms with Crippen molar-refractivity contribution in [1.82, 2.24) is 15.1 Å². The second-order valence-corrected chi connectivity index (χ2v) is 8.70. The van der Waals surface area contributed by atoms with Gasteiger partial charge in [-0.2, -0.15) is 0 Å². The Hall–Kier alpha value is -2.17. The molecule has 2 aromatic rings. The van der Waals surface area contributed by atoms with Gasteiger partial charge >= 0.3 is 0 Å². The highest BCUT2D eigenvalue weighted by atomic mass is 127. The fourth-order valence-corrected chi connectivity index (χ4v) is 4.53. The van der Waals surface area contributed by atoms with Crippen LogP contribution >= 0.6 is 24.0 Å². The highest BCUT2D eigenvalue weighted by Crippen LogP contribution is 2.26. The molecule has 1 unspecified atom stereocenters. The lowest BCUT2D eigenvalue weighted by Crippen LogP contribution is -2.39. The molecule has 34 heavy (non-hydrogen) atoms. The number of halogens is 1. The zero-order valence-electron chi connectivity index (χ0n) is 19.9. The number of amides is 1. The summed E-state index contributed by atoms with van der Waals surface area (Å²) in [5.74, 6) is 1.51. The number of hydrogen-bond acceptors (Lipinski definition) is 4. The second kappa shape index (κ2) is 13.7. The normalized spacial score (nSPS) is 18.9. The van der Waals surface area contributed by atoms with Crippen molar-refractivity contribution < 1.29 is 9.53 Å². The molecular weight excluding hydrogens is 541 g/mol. The van der Waals surface area contributed by atoms with Crippen molar-refractivity contribution in [2.24, 2.45) is 4.99 Å². The summed E-state index contributed by atoms with van der Waals surface area (Å²) in [6.45, 7) is 6.72. The van der Waals surface area contributed by atoms with E-state index in [4.69, 9.17) is 4.74 Å². The van der Waals surface area contributed by atoms with Gasteiger partial charge in [-0.1, -0.05) is 42.5 Å². The van der Waals surface area contributed by atoms with Crippen molar-refractivity contribution in [3.05, 3.63) is 65.7 Å². The Morgan fingerprint density at radius 3 is 2.65 bits per heavy atom. The van der Waals surface area contributed by atoms with E-state index in [-0.39, 0.29) is 29.9 Å². The van der Waals surface area contributed by atoms with E-state index in [1.165, 1.54) is 5.56 Å². The Morgan fingerprint density at radius 1 is 1.09 bits per heavy atom. The first-order chi connectivity index (χ1) is 16.2. The molecule has 2 heterocycles. The van der Waals surface area contributed by atoms with Crippen LogP contribution in [0, 0.1) is 0 Å². The molecule has 1 atom stereocenters. The van der Waals surface area contributed by atoms with Gasteiger partial charge in [0.05, 0.1) is 13.2 Å². The minimum atomic E-state index is 0. The van der Waals surface area contributed by atoms with Crippen LogP contribution in [0.2, 0.25) is 0 Å². The molecule has 0 aromatic heterocycles. The number of hydrogen-bond donors (Lipinski definition) is 2. The van der Waals surface area contributed by atoms with Crippen LogP contribution in [0.3, 0.4) is 0 Å². The number of carbonyl (C=O) groups is 1. The number of guanidine groups is 1. The first-order valence-corrected chi connectivity index (χ1v) is 11.9. The predicted octanol–water partition coefficient (Wildman–Crippen LogP) is 3.53. The number of anilines is 1. The van der Waals surface area contributed by atoms with Gasteiger partial charge in [0, 0.05) is 64.3 Å². The molecule has 0 bridgehead atoms. The van der Waals surface area contributed by atoms with Crippen molar-refractivity contribution >= 4 is 41.5 Å². The lowest BCUT2D eigenvalue weighted by molar-refractivity contribution is -0.116. The molecule has 2 aliphatic heterocycles. The van der Waals surface area contributed by atoms with E-state index in [0.29, 0.717) is 18.9 Å². The van der Waals surface area contributed by atoms with Crippen molar-refractivity contribution in [1.29, 1.82) is 0 Å². The van der Waals surface area contributed by atoms with Gasteiger partial charge in [0.2, 0.25) is 5.91 Å². The second-order valence-electron chi connectivity index (χ2n) is 8.70. The number of rotatable bonds is 7. The van der Waals surface area contributed by atoms with Crippen LogP contribution < -0.4 is 10.6 Å². The minimum absolute atomic E-state index is 0. The number of morpholine rings is 1. The maximum atomic E-state index is 12.4. The number of nitrogens with one attached hydrogen (secondary N) is 2. The van der Waals surface area contributed by atoms with Crippen LogP contribution in [-0.4, -0.2) is 74.7 Å². The fourth-order valence-electron chi connectivity index (χ4n) is 4.53. The molecule has 8 heteroatoms. The lowest BCUT2D eigenvalue weighted by Gasteiger charge is -2.26. The Bertz CT molecular complexity index is 934. The molecule has 1 amide bonds. The van der Waals surface area contributed by atoms with Crippen molar-refractivity contribution in [2.45, 2.75) is 25.3 Å². The zero-order chi connectivity index (χ0) is 22.9. The fraction of sp³-hybridized carbons (Fsp3) is 0.462. The molecular formula is C26H36IN5O2. The third kappa shape index (κ3) is 7.68. The number of carbonyl (C=O) groups excluding carboxylic acids is 1. The van der Waals surface area contributed by atoms with Gasteiger partial charge in [0.15, 0.2) is 5.96 Å². The zero-order valence-corrected chi connectivity index (χ0v) is 22.2. The van der Waals surface area contributed by atoms with E-state index in [0.717, 1.165) is 69.6 Å². The first-order valence-electron chi connectivity index (χ1n) is 11.9. The maximum Gasteiger partial charge on any atom is 0.225 e. The Balaban J connectivity index is 0.00000324. The summed E-state index contributed by atoms with van der Waals surface area (Å²) in [6.07, 6.45) is 1.63. The summed E-state index contributed by atoms with van der Waals surface area (Å²) < 4.78 is 5.36. The molecule has 2 aromatic carbocycles. The van der Waals surface area contributed by atoms with Crippen molar-refractivity contribution in [2.75, 3.05) is 58.3 Å². The molecule has 2 N–H and O–H groups in total. The quantitative estimate of drug-likeness (QED) is 0.300. The van der Waals surface area contributed by atoms with Gasteiger partial charge in [-0.3, -0.25) is 14.7 Å². The summed E-state index contributed by atoms with van der Waals surface area (Å²) in [4.78, 5) is 21.5. The molecule has 7 nitrogen and oxygen atoms in total. The highest BCUT2D eigenvalue weighted by Gasteiger charge is 2.25. The number of likely N-dealkylation sites (tertiary alicyclic amines) is 1. The van der Waals surface area contributed by atoms with E-state index in [2.05, 4.69) is 61.8 Å². The van der Waals surface area contributed by atoms with Crippen molar-refractivity contribution in [3.63, 3.8) is 0 Å². The van der Waals surface area contributed by atoms with Crippen LogP contribution in [0.15, 0.2) is 59.6 Å². The van der Waals surface area contributed by atoms with Crippen LogP contribution in [-0.2, 0) is 16.1 Å². The number of aliphatic imine (C=N–C) groups is 1. The third-order valence-corrected chi connectivity index (χ3v) is 6.39. The molecule has 2 fully saturated rings. The molecule has 0 saturated carbocycles. The molecule has 0 spiro atoms. The predicted molar refractivity (Wildman–Crippen MR) is 148 cm³/mol. The van der Waals surface area contributed by atoms with E-state index in [1.54, 1.807) is 0 Å². The van der Waals surface area contributed by atoms with Gasteiger partial charge in [0.1, 0.15) is 0 Å². The topological polar surface area (TPSA) is 69.2 Å². The first kappa shape index (κ1) is 26.4. The Morgan fingerprint density at radius 2 is 1.88 bits per heavy atom. The van der Waals surface area contributed by atoms with Crippen LogP contribution in [0.4, 0.5) is 5.69 Å². The lowest BCUT2D eigenvalue weighted by atomic mass is 9.99. The molecule has 2 aliphatic rings. The summed E-state index contributed by atoms with van der Waals surface area (Å²) in [7, 11) is 1.84. The van der Waals surface area contributed by atoms with E-state index in [9.17, 15) is 4.79 Å². The molecule has 2 saturated heterocycles. The average molecular weight is 578 g/mol. The van der Waals surface area contributed by atoms with Gasteiger partial charge in [-0.25, -0.2) is 0 Å². The van der Waals surface area contributed by atoms with Crippen molar-refractivity contribution in [3.8, 4) is 0 Å². The molecule has 4 rings (SSSR count). The van der Waals surface area contributed by atoms with E-state index < -0.39 is 0 Å². The third-order valence-electron chi connectivity index (χ3n) is 6.39. The van der Waals surface area contributed by atoms with Crippen LogP contribution in [0.5, 0.6) is 0 Å². The summed E-state index contributed by atoms with van der Waals surface area (Å²) in [5, 5.41) is 6.53. The van der Waals surface area contributed by atoms with Gasteiger partial charge < -0.3 is 20.3 Å². The van der Waals surface area contributed by atoms with Gasteiger partial charge in [-0.15, -0.1) is 24.0 Å². The standard InChI is InChI=1S/C26H35N5O2.HI/c1-27-26(31-13-10-23(20-31)22-7-3-2-4-8-22)28-19-21-6-5-9-24(18-21)29-25(32)11-12-30-14-16-33-17-15-30;/h2-9,18,23H,10-17,19-20H2,1H3,(H,27,28)(H,29,32);1H. The monoisotopic (exact) mass is 577 g/mol. The molecule has 0 aliphatic carbocycles. The Kier molecular flexibility index (Phi) is 10.6. The highest BCUT2D eigenvalue weighted by molar-refractivity contribution is 14.0. The Labute approximate surface area is 220 Å². The smallest absolute Gasteiger partial charge is 0.225 e. The average Bonchev–Trinajstić information content (AvgIpc) is 3.35. The summed E-state index contributed by atoms with van der Waals surface area (Å²) in [6, 6.07) is 18.7. The van der Waals surface area contributed by atoms with Gasteiger partial charge in [-0.05, 0) is 29.7 Å². The van der Waals surface area contributed by atoms with Crippen LogP contribution in [0.25, 0.3) is 0 Å². The summed E-state index contributed by atoms with van der Waals surface area (Å²) >= 11 is 0. The SMILES string of the molecule is CN=C(NCc1cccc(NC(=O)CCN2CCOCC2)c1)N1CCC(c2ccccc2)C1.I. The minimum Gasteiger partial charge on any atom is -0.379 e. The van der Waals surface area contributed by atoms with Crippen LogP contribution in [0.1, 0.15) is 29.9 Å². The number of ether oxygens (including phenoxy) is 1. The molecule has 0 radical (unpaired) electrons. The van der Waals surface area contributed by atoms with E-state index in [1.807, 2.05) is 25.2 Å². The van der Waals surface area contributed by atoms with E-state index >= 15 is 0 Å². The largest absolute Gasteiger partial charge is 0.379 e.